The maximum absolute atomic E-state index is 12.4. The fourth-order valence-electron chi connectivity index (χ4n) is 1.75. The number of nitrogens with zero attached hydrogens (tertiary/aromatic N) is 2. The predicted molar refractivity (Wildman–Crippen MR) is 75.0 cm³/mol. The van der Waals surface area contributed by atoms with Crippen molar-refractivity contribution < 1.29 is 13.6 Å². The third-order valence-corrected chi connectivity index (χ3v) is 2.95. The molecule has 0 aliphatic heterocycles. The normalized spacial score (nSPS) is 10.7. The highest BCUT2D eigenvalue weighted by molar-refractivity contribution is 5.75. The van der Waals surface area contributed by atoms with Gasteiger partial charge in [0.15, 0.2) is 0 Å². The summed E-state index contributed by atoms with van der Waals surface area (Å²) >= 11 is 0. The maximum Gasteiger partial charge on any atom is 0.263 e. The first-order valence-corrected chi connectivity index (χ1v) is 6.42. The summed E-state index contributed by atoms with van der Waals surface area (Å²) < 4.78 is 26.4. The van der Waals surface area contributed by atoms with Gasteiger partial charge in [0.2, 0.25) is 5.91 Å². The van der Waals surface area contributed by atoms with Crippen LogP contribution < -0.4 is 10.6 Å². The number of rotatable bonds is 6. The van der Waals surface area contributed by atoms with E-state index in [0.29, 0.717) is 6.54 Å². The summed E-state index contributed by atoms with van der Waals surface area (Å²) in [6, 6.07) is 6.14. The summed E-state index contributed by atoms with van der Waals surface area (Å²) in [4.78, 5) is 11.2. The van der Waals surface area contributed by atoms with Gasteiger partial charge in [0, 0.05) is 25.4 Å². The van der Waals surface area contributed by atoms with Crippen LogP contribution in [-0.4, -0.2) is 22.7 Å². The van der Waals surface area contributed by atoms with Gasteiger partial charge in [-0.2, -0.15) is 5.10 Å². The van der Waals surface area contributed by atoms with E-state index in [0.717, 1.165) is 11.3 Å². The van der Waals surface area contributed by atoms with Crippen molar-refractivity contribution >= 4 is 11.6 Å². The van der Waals surface area contributed by atoms with Gasteiger partial charge < -0.3 is 10.6 Å². The fraction of sp³-hybridized carbons (Fsp3) is 0.286. The van der Waals surface area contributed by atoms with Gasteiger partial charge in [0.1, 0.15) is 6.54 Å². The summed E-state index contributed by atoms with van der Waals surface area (Å²) in [5, 5.41) is 9.68. The topological polar surface area (TPSA) is 59.0 Å². The van der Waals surface area contributed by atoms with Gasteiger partial charge >= 0.3 is 0 Å². The molecule has 1 heterocycles. The van der Waals surface area contributed by atoms with Crippen molar-refractivity contribution in [1.82, 2.24) is 15.1 Å². The molecule has 7 heteroatoms. The lowest BCUT2D eigenvalue weighted by atomic mass is 10.1. The van der Waals surface area contributed by atoms with Crippen molar-refractivity contribution in [3.05, 3.63) is 47.8 Å². The molecule has 0 unspecified atom stereocenters. The van der Waals surface area contributed by atoms with Crippen LogP contribution in [0.3, 0.4) is 0 Å². The fourth-order valence-corrected chi connectivity index (χ4v) is 1.75. The monoisotopic (exact) mass is 294 g/mol. The molecular formula is C14H16F2N4O. The van der Waals surface area contributed by atoms with Gasteiger partial charge in [-0.15, -0.1) is 0 Å². The number of hydrogen-bond donors (Lipinski definition) is 2. The number of carbonyl (C=O) groups excluding carboxylic acids is 1. The SMILES string of the molecule is CNC(=O)Cn1cc(NCc2ccc(C(F)F)cc2)cn1. The highest BCUT2D eigenvalue weighted by atomic mass is 19.3. The van der Waals surface area contributed by atoms with Gasteiger partial charge in [-0.25, -0.2) is 8.78 Å². The van der Waals surface area contributed by atoms with E-state index in [2.05, 4.69) is 15.7 Å². The van der Waals surface area contributed by atoms with Crippen LogP contribution in [-0.2, 0) is 17.9 Å². The molecule has 0 spiro atoms. The summed E-state index contributed by atoms with van der Waals surface area (Å²) in [6.07, 6.45) is 0.870. The van der Waals surface area contributed by atoms with E-state index in [1.54, 1.807) is 31.6 Å². The molecule has 0 saturated carbocycles. The van der Waals surface area contributed by atoms with Crippen LogP contribution >= 0.6 is 0 Å². The molecule has 21 heavy (non-hydrogen) atoms. The van der Waals surface area contributed by atoms with E-state index in [-0.39, 0.29) is 18.0 Å². The number of likely N-dealkylation sites (N-methyl/N-ethyl adjacent to an activating group) is 1. The molecule has 5 nitrogen and oxygen atoms in total. The van der Waals surface area contributed by atoms with Crippen LogP contribution in [0.25, 0.3) is 0 Å². The first-order chi connectivity index (χ1) is 10.1. The second-order valence-electron chi connectivity index (χ2n) is 4.50. The standard InChI is InChI=1S/C14H16F2N4O/c1-17-13(21)9-20-8-12(7-19-20)18-6-10-2-4-11(5-3-10)14(15)16/h2-5,7-8,14,18H,6,9H2,1H3,(H,17,21). The minimum absolute atomic E-state index is 0.0112. The Kier molecular flexibility index (Phi) is 4.86. The zero-order valence-corrected chi connectivity index (χ0v) is 11.5. The molecule has 0 aliphatic rings. The minimum Gasteiger partial charge on any atom is -0.378 e. The molecule has 0 aliphatic carbocycles. The number of nitrogens with one attached hydrogen (secondary N) is 2. The van der Waals surface area contributed by atoms with E-state index in [1.165, 1.54) is 16.8 Å². The first-order valence-electron chi connectivity index (χ1n) is 6.42. The van der Waals surface area contributed by atoms with Gasteiger partial charge in [0.05, 0.1) is 11.9 Å². The number of alkyl halides is 2. The Bertz CT molecular complexity index is 595. The molecule has 1 aromatic carbocycles. The number of halogens is 2. The van der Waals surface area contributed by atoms with Crippen LogP contribution in [0.1, 0.15) is 17.6 Å². The Morgan fingerprint density at radius 2 is 2.05 bits per heavy atom. The largest absolute Gasteiger partial charge is 0.378 e. The first kappa shape index (κ1) is 15.0. The van der Waals surface area contributed by atoms with Crippen LogP contribution in [0.15, 0.2) is 36.7 Å². The molecule has 0 radical (unpaired) electrons. The molecule has 1 amide bonds. The average molecular weight is 294 g/mol. The Morgan fingerprint density at radius 1 is 1.33 bits per heavy atom. The van der Waals surface area contributed by atoms with E-state index >= 15 is 0 Å². The van der Waals surface area contributed by atoms with E-state index in [4.69, 9.17) is 0 Å². The molecular weight excluding hydrogens is 278 g/mol. The summed E-state index contributed by atoms with van der Waals surface area (Å²) in [6.45, 7) is 0.649. The number of aromatic nitrogens is 2. The van der Waals surface area contributed by atoms with Crippen LogP contribution in [0.2, 0.25) is 0 Å². The Labute approximate surface area is 121 Å². The third kappa shape index (κ3) is 4.27. The second kappa shape index (κ2) is 6.83. The number of benzene rings is 1. The van der Waals surface area contributed by atoms with Crippen molar-refractivity contribution in [2.75, 3.05) is 12.4 Å². The quantitative estimate of drug-likeness (QED) is 0.858. The molecule has 0 atom stereocenters. The van der Waals surface area contributed by atoms with Crippen LogP contribution in [0.4, 0.5) is 14.5 Å². The zero-order chi connectivity index (χ0) is 15.2. The van der Waals surface area contributed by atoms with Crippen molar-refractivity contribution in [1.29, 1.82) is 0 Å². The average Bonchev–Trinajstić information content (AvgIpc) is 2.93. The second-order valence-corrected chi connectivity index (χ2v) is 4.50. The lowest BCUT2D eigenvalue weighted by Crippen LogP contribution is -2.23. The van der Waals surface area contributed by atoms with Gasteiger partial charge in [-0.1, -0.05) is 24.3 Å². The highest BCUT2D eigenvalue weighted by Gasteiger charge is 2.06. The maximum atomic E-state index is 12.4. The van der Waals surface area contributed by atoms with Crippen molar-refractivity contribution in [3.63, 3.8) is 0 Å². The number of anilines is 1. The lowest BCUT2D eigenvalue weighted by Gasteiger charge is -2.05. The number of carbonyl (C=O) groups is 1. The minimum atomic E-state index is -2.45. The summed E-state index contributed by atoms with van der Waals surface area (Å²) in [7, 11) is 1.56. The van der Waals surface area contributed by atoms with E-state index in [9.17, 15) is 13.6 Å². The third-order valence-electron chi connectivity index (χ3n) is 2.95. The molecule has 2 rings (SSSR count). The van der Waals surface area contributed by atoms with Gasteiger partial charge in [-0.3, -0.25) is 9.48 Å². The Balaban J connectivity index is 1.89. The van der Waals surface area contributed by atoms with Crippen molar-refractivity contribution in [3.8, 4) is 0 Å². The lowest BCUT2D eigenvalue weighted by molar-refractivity contribution is -0.121. The van der Waals surface area contributed by atoms with E-state index in [1.807, 2.05) is 0 Å². The Hall–Kier alpha value is -2.44. The van der Waals surface area contributed by atoms with Crippen molar-refractivity contribution in [2.24, 2.45) is 0 Å². The zero-order valence-electron chi connectivity index (χ0n) is 11.5. The molecule has 112 valence electrons. The number of hydrogen-bond acceptors (Lipinski definition) is 3. The van der Waals surface area contributed by atoms with Crippen LogP contribution in [0, 0.1) is 0 Å². The smallest absolute Gasteiger partial charge is 0.263 e. The van der Waals surface area contributed by atoms with E-state index < -0.39 is 6.43 Å². The van der Waals surface area contributed by atoms with Crippen molar-refractivity contribution in [2.45, 2.75) is 19.5 Å². The molecule has 2 N–H and O–H groups in total. The van der Waals surface area contributed by atoms with Gasteiger partial charge in [-0.05, 0) is 5.56 Å². The summed E-state index contributed by atoms with van der Waals surface area (Å²) in [5.74, 6) is -0.132. The molecule has 1 aromatic heterocycles. The molecule has 0 saturated heterocycles. The molecule has 0 bridgehead atoms. The summed E-state index contributed by atoms with van der Waals surface area (Å²) in [5.41, 5.74) is 1.66. The molecule has 0 fully saturated rings. The van der Waals surface area contributed by atoms with Gasteiger partial charge in [0.25, 0.3) is 6.43 Å². The van der Waals surface area contributed by atoms with Crippen LogP contribution in [0.5, 0.6) is 0 Å². The number of amides is 1. The Morgan fingerprint density at radius 3 is 2.67 bits per heavy atom. The predicted octanol–water partition coefficient (Wildman–Crippen LogP) is 2.18. The highest BCUT2D eigenvalue weighted by Crippen LogP contribution is 2.19. The molecule has 2 aromatic rings.